The lowest BCUT2D eigenvalue weighted by atomic mass is 10.2. The van der Waals surface area contributed by atoms with Crippen molar-refractivity contribution < 1.29 is 35.9 Å². The van der Waals surface area contributed by atoms with Gasteiger partial charge in [-0.2, -0.15) is 11.8 Å². The van der Waals surface area contributed by atoms with Gasteiger partial charge in [-0.05, 0) is 6.26 Å². The molecule has 23 heavy (non-hydrogen) atoms. The first kappa shape index (κ1) is 20.1. The molecule has 0 aliphatic rings. The van der Waals surface area contributed by atoms with Gasteiger partial charge in [-0.15, -0.1) is 11.8 Å². The second-order valence-corrected chi connectivity index (χ2v) is 7.70. The maximum absolute atomic E-state index is 13.8. The van der Waals surface area contributed by atoms with Crippen LogP contribution in [0.1, 0.15) is 0 Å². The lowest BCUT2D eigenvalue weighted by Crippen LogP contribution is -2.20. The number of sulfonamides is 1. The van der Waals surface area contributed by atoms with Crippen LogP contribution >= 0.6 is 23.5 Å². The molecule has 1 atom stereocenters. The van der Waals surface area contributed by atoms with E-state index in [0.29, 0.717) is 0 Å². The average Bonchev–Trinajstić information content (AvgIpc) is 2.42. The van der Waals surface area contributed by atoms with Crippen LogP contribution in [0.2, 0.25) is 0 Å². The summed E-state index contributed by atoms with van der Waals surface area (Å²) in [5.41, 5.74) is 0. The Bertz CT molecular complexity index is 697. The Labute approximate surface area is 137 Å². The largest absolute Gasteiger partial charge is 0.481 e. The molecule has 1 aromatic carbocycles. The number of aliphatic carboxylic acids is 1. The van der Waals surface area contributed by atoms with E-state index in [9.17, 15) is 30.8 Å². The monoisotopic (exact) mass is 393 g/mol. The summed E-state index contributed by atoms with van der Waals surface area (Å²) in [6.45, 7) is 0. The van der Waals surface area contributed by atoms with Crippen molar-refractivity contribution in [2.24, 2.45) is 11.1 Å². The lowest BCUT2D eigenvalue weighted by molar-refractivity contribution is -0.140. The summed E-state index contributed by atoms with van der Waals surface area (Å²) in [4.78, 5) is 7.90. The minimum absolute atomic E-state index is 0.117. The summed E-state index contributed by atoms with van der Waals surface area (Å²) in [5, 5.41) is 13.4. The number of carboxylic acids is 1. The maximum Gasteiger partial charge on any atom is 0.308 e. The number of carboxylic acid groups (broad SMARTS) is 1. The van der Waals surface area contributed by atoms with E-state index in [4.69, 9.17) is 5.11 Å². The number of halogens is 4. The highest BCUT2D eigenvalue weighted by molar-refractivity contribution is 8.00. The molecule has 0 spiro atoms. The van der Waals surface area contributed by atoms with Gasteiger partial charge in [0.2, 0.25) is 10.0 Å². The molecule has 0 aromatic heterocycles. The Morgan fingerprint density at radius 3 is 1.96 bits per heavy atom. The van der Waals surface area contributed by atoms with Gasteiger partial charge >= 0.3 is 5.97 Å². The average molecular weight is 393 g/mol. The van der Waals surface area contributed by atoms with Gasteiger partial charge in [0.15, 0.2) is 28.2 Å². The molecule has 1 rings (SSSR count). The van der Waals surface area contributed by atoms with Crippen molar-refractivity contribution in [2.75, 3.05) is 17.8 Å². The number of rotatable bonds is 7. The van der Waals surface area contributed by atoms with E-state index in [1.165, 1.54) is 11.8 Å². The molecular formula is C11H11F4NO4S3. The smallest absolute Gasteiger partial charge is 0.308 e. The normalized spacial score (nSPS) is 13.1. The highest BCUT2D eigenvalue weighted by Crippen LogP contribution is 2.34. The summed E-state index contributed by atoms with van der Waals surface area (Å²) in [6, 6.07) is 0. The quantitative estimate of drug-likeness (QED) is 0.418. The van der Waals surface area contributed by atoms with Crippen molar-refractivity contribution in [3.05, 3.63) is 23.3 Å². The second kappa shape index (κ2) is 7.73. The summed E-state index contributed by atoms with van der Waals surface area (Å²) < 4.78 is 76.9. The Morgan fingerprint density at radius 1 is 1.13 bits per heavy atom. The third kappa shape index (κ3) is 4.52. The molecule has 0 saturated heterocycles. The van der Waals surface area contributed by atoms with E-state index in [1.807, 2.05) is 0 Å². The summed E-state index contributed by atoms with van der Waals surface area (Å²) >= 11 is 1.41. The first-order chi connectivity index (χ1) is 10.5. The van der Waals surface area contributed by atoms with Crippen LogP contribution < -0.4 is 5.14 Å². The standard InChI is InChI=1S/C11H11F4NO4S3/c1-21-2-4(11(17)18)3-22-9-5(12)7(14)10(23(16,19)20)8(15)6(9)13/h4H,2-3H2,1H3,(H,17,18)(H2,16,19,20). The minimum atomic E-state index is -5.02. The first-order valence-corrected chi connectivity index (χ1v) is 9.68. The van der Waals surface area contributed by atoms with Crippen LogP contribution in [-0.2, 0) is 14.8 Å². The highest BCUT2D eigenvalue weighted by atomic mass is 32.2. The first-order valence-electron chi connectivity index (χ1n) is 5.75. The van der Waals surface area contributed by atoms with E-state index in [2.05, 4.69) is 5.14 Å². The molecule has 0 amide bonds. The van der Waals surface area contributed by atoms with Crippen molar-refractivity contribution in [2.45, 2.75) is 9.79 Å². The zero-order valence-electron chi connectivity index (χ0n) is 11.5. The van der Waals surface area contributed by atoms with Gasteiger partial charge in [-0.25, -0.2) is 31.1 Å². The number of hydrogen-bond donors (Lipinski definition) is 2. The van der Waals surface area contributed by atoms with Gasteiger partial charge in [-0.3, -0.25) is 4.79 Å². The van der Waals surface area contributed by atoms with Gasteiger partial charge < -0.3 is 5.11 Å². The van der Waals surface area contributed by atoms with Crippen LogP contribution in [0.15, 0.2) is 9.79 Å². The number of hydrogen-bond acceptors (Lipinski definition) is 5. The van der Waals surface area contributed by atoms with E-state index in [1.54, 1.807) is 6.26 Å². The zero-order chi connectivity index (χ0) is 17.9. The Hall–Kier alpha value is -0.980. The van der Waals surface area contributed by atoms with Crippen molar-refractivity contribution in [1.29, 1.82) is 0 Å². The Morgan fingerprint density at radius 2 is 1.61 bits per heavy atom. The fourth-order valence-electron chi connectivity index (χ4n) is 1.54. The number of primary sulfonamides is 1. The Balaban J connectivity index is 3.27. The van der Waals surface area contributed by atoms with Crippen molar-refractivity contribution in [1.82, 2.24) is 0 Å². The number of thioether (sulfide) groups is 2. The molecule has 0 fully saturated rings. The molecule has 3 N–H and O–H groups in total. The van der Waals surface area contributed by atoms with E-state index in [0.717, 1.165) is 0 Å². The number of benzene rings is 1. The highest BCUT2D eigenvalue weighted by Gasteiger charge is 2.32. The molecule has 5 nitrogen and oxygen atoms in total. The van der Waals surface area contributed by atoms with Crippen LogP contribution in [0.4, 0.5) is 17.6 Å². The fraction of sp³-hybridized carbons (Fsp3) is 0.364. The van der Waals surface area contributed by atoms with Gasteiger partial charge in [0.1, 0.15) is 0 Å². The molecule has 1 unspecified atom stereocenters. The SMILES string of the molecule is CSCC(CSc1c(F)c(F)c(S(N)(=O)=O)c(F)c1F)C(=O)O. The predicted octanol–water partition coefficient (Wildman–Crippen LogP) is 2.05. The van der Waals surface area contributed by atoms with Crippen LogP contribution in [0.25, 0.3) is 0 Å². The molecule has 1 aromatic rings. The molecule has 0 radical (unpaired) electrons. The molecule has 130 valence electrons. The summed E-state index contributed by atoms with van der Waals surface area (Å²) in [5.74, 6) is -10.7. The predicted molar refractivity (Wildman–Crippen MR) is 77.9 cm³/mol. The third-order valence-corrected chi connectivity index (χ3v) is 5.49. The zero-order valence-corrected chi connectivity index (χ0v) is 13.9. The van der Waals surface area contributed by atoms with E-state index in [-0.39, 0.29) is 23.3 Å². The fourth-order valence-corrected chi connectivity index (χ4v) is 4.10. The molecule has 0 aliphatic heterocycles. The topological polar surface area (TPSA) is 97.5 Å². The molecule has 0 bridgehead atoms. The van der Waals surface area contributed by atoms with Crippen LogP contribution in [-0.4, -0.2) is 37.3 Å². The van der Waals surface area contributed by atoms with E-state index < -0.39 is 55.0 Å². The number of nitrogens with two attached hydrogens (primary N) is 1. The van der Waals surface area contributed by atoms with Crippen molar-refractivity contribution in [3.63, 3.8) is 0 Å². The van der Waals surface area contributed by atoms with Crippen LogP contribution in [0.3, 0.4) is 0 Å². The van der Waals surface area contributed by atoms with Gasteiger partial charge in [0, 0.05) is 11.5 Å². The minimum Gasteiger partial charge on any atom is -0.481 e. The molecule has 0 aliphatic carbocycles. The van der Waals surface area contributed by atoms with Gasteiger partial charge in [-0.1, -0.05) is 0 Å². The molecule has 0 heterocycles. The van der Waals surface area contributed by atoms with Crippen molar-refractivity contribution in [3.8, 4) is 0 Å². The van der Waals surface area contributed by atoms with Crippen LogP contribution in [0.5, 0.6) is 0 Å². The van der Waals surface area contributed by atoms with Crippen LogP contribution in [0, 0.1) is 29.2 Å². The van der Waals surface area contributed by atoms with E-state index >= 15 is 0 Å². The maximum atomic E-state index is 13.8. The summed E-state index contributed by atoms with van der Waals surface area (Å²) in [7, 11) is -5.02. The van der Waals surface area contributed by atoms with Gasteiger partial charge in [0.05, 0.1) is 10.8 Å². The molecule has 12 heteroatoms. The van der Waals surface area contributed by atoms with Crippen molar-refractivity contribution >= 4 is 39.5 Å². The summed E-state index contributed by atoms with van der Waals surface area (Å²) in [6.07, 6.45) is 1.61. The second-order valence-electron chi connectivity index (χ2n) is 4.26. The Kier molecular flexibility index (Phi) is 6.74. The lowest BCUT2D eigenvalue weighted by Gasteiger charge is -2.13. The number of carbonyl (C=O) groups is 1. The molecule has 0 saturated carbocycles. The molecular weight excluding hydrogens is 382 g/mol. The third-order valence-electron chi connectivity index (χ3n) is 2.61. The van der Waals surface area contributed by atoms with Gasteiger partial charge in [0.25, 0.3) is 0 Å².